The van der Waals surface area contributed by atoms with Crippen molar-refractivity contribution in [2.75, 3.05) is 6.61 Å². The van der Waals surface area contributed by atoms with Crippen LogP contribution < -0.4 is 0 Å². The Kier molecular flexibility index (Phi) is 7.43. The van der Waals surface area contributed by atoms with Crippen LogP contribution in [0, 0.1) is 50.2 Å². The van der Waals surface area contributed by atoms with E-state index in [1.807, 2.05) is 6.92 Å². The molecule has 8 heteroatoms. The number of allylic oxidation sites excluding steroid dienone is 2. The normalized spacial score (nSPS) is 54.2. The Morgan fingerprint density at radius 1 is 0.930 bits per heavy atom. The van der Waals surface area contributed by atoms with Crippen LogP contribution >= 0.6 is 0 Å². The second kappa shape index (κ2) is 10.1. The van der Waals surface area contributed by atoms with E-state index in [0.29, 0.717) is 37.5 Å². The maximum atomic E-state index is 12.9. The van der Waals surface area contributed by atoms with Crippen molar-refractivity contribution in [1.29, 1.82) is 0 Å². The van der Waals surface area contributed by atoms with Crippen LogP contribution in [0.4, 0.5) is 0 Å². The molecule has 0 aromatic carbocycles. The largest absolute Gasteiger partial charge is 0.481 e. The summed E-state index contributed by atoms with van der Waals surface area (Å²) in [7, 11) is 0. The van der Waals surface area contributed by atoms with Gasteiger partial charge in [0.05, 0.1) is 18.1 Å². The first kappa shape index (κ1) is 31.7. The zero-order valence-electron chi connectivity index (χ0n) is 27.0. The molecule has 13 atom stereocenters. The van der Waals surface area contributed by atoms with Crippen LogP contribution in [-0.2, 0) is 19.1 Å². The van der Waals surface area contributed by atoms with Crippen LogP contribution in [0.5, 0.6) is 0 Å². The molecule has 0 spiro atoms. The van der Waals surface area contributed by atoms with Crippen molar-refractivity contribution in [3.8, 4) is 0 Å². The summed E-state index contributed by atoms with van der Waals surface area (Å²) in [5.74, 6) is 0.0128. The van der Waals surface area contributed by atoms with E-state index in [1.165, 1.54) is 5.57 Å². The van der Waals surface area contributed by atoms with Crippen molar-refractivity contribution >= 4 is 12.3 Å². The summed E-state index contributed by atoms with van der Waals surface area (Å²) in [5.41, 5.74) is -0.202. The number of carbonyl (C=O) groups is 2. The highest BCUT2D eigenvalue weighted by Gasteiger charge is 2.69. The van der Waals surface area contributed by atoms with Gasteiger partial charge < -0.3 is 34.7 Å². The average molecular weight is 603 g/mol. The topological polar surface area (TPSA) is 134 Å². The summed E-state index contributed by atoms with van der Waals surface area (Å²) in [5, 5.41) is 41.3. The van der Waals surface area contributed by atoms with Crippen LogP contribution in [0.25, 0.3) is 0 Å². The number of carbonyl (C=O) groups excluding carboxylic acids is 1. The van der Waals surface area contributed by atoms with E-state index in [4.69, 9.17) is 9.47 Å². The predicted molar refractivity (Wildman–Crippen MR) is 160 cm³/mol. The SMILES string of the molecule is CC1(C)[C@@H](O[C@@H]2OC[C@@H](O)[C@H](O)[C@H]2O)CC[C@]2(C)[C@H]3CC=C4[C@@H]5C[C@@](C)(C=O)CC[C@]5(C(=O)O)CC[C@@]4(C)[C@]3(C)CC[C@@H]12. The molecule has 0 aromatic rings. The molecule has 6 rings (SSSR count). The lowest BCUT2D eigenvalue weighted by Crippen LogP contribution is -2.65. The van der Waals surface area contributed by atoms with Gasteiger partial charge in [-0.15, -0.1) is 0 Å². The molecule has 1 heterocycles. The number of fused-ring (bicyclic) bond motifs is 7. The maximum absolute atomic E-state index is 12.9. The molecule has 6 aliphatic rings. The Morgan fingerprint density at radius 3 is 2.30 bits per heavy atom. The average Bonchev–Trinajstić information content (AvgIpc) is 2.94. The Balaban J connectivity index is 1.31. The molecular formula is C35H54O8. The highest BCUT2D eigenvalue weighted by atomic mass is 16.7. The summed E-state index contributed by atoms with van der Waals surface area (Å²) in [6.07, 6.45) is 6.84. The van der Waals surface area contributed by atoms with Crippen molar-refractivity contribution in [3.63, 3.8) is 0 Å². The standard InChI is InChI=1S/C35H54O8/c1-30(2)23-9-12-34(6)24(32(23,4)11-10-25(30)43-28-27(39)26(38)22(37)18-42-28)8-7-20-21-17-31(3,19-36)13-15-35(21,29(40)41)16-14-33(20,34)5/h7,19,21-28,37-39H,8-18H2,1-6H3,(H,40,41)/t21-,22+,23-,24+,25-,26-,27+,28-,31-,32-,33+,34+,35-/m0/s1. The first-order valence-electron chi connectivity index (χ1n) is 16.7. The van der Waals surface area contributed by atoms with E-state index in [9.17, 15) is 30.0 Å². The lowest BCUT2D eigenvalue weighted by atomic mass is 9.33. The Labute approximate surface area is 256 Å². The first-order chi connectivity index (χ1) is 20.0. The summed E-state index contributed by atoms with van der Waals surface area (Å²) in [6.45, 7) is 13.9. The van der Waals surface area contributed by atoms with Crippen LogP contribution in [-0.4, -0.2) is 70.0 Å². The molecule has 1 aliphatic heterocycles. The monoisotopic (exact) mass is 602 g/mol. The zero-order chi connectivity index (χ0) is 31.4. The fourth-order valence-corrected chi connectivity index (χ4v) is 11.9. The fraction of sp³-hybridized carbons (Fsp3) is 0.886. The van der Waals surface area contributed by atoms with Gasteiger partial charge in [0.15, 0.2) is 6.29 Å². The molecule has 5 aliphatic carbocycles. The Hall–Kier alpha value is -1.32. The highest BCUT2D eigenvalue weighted by molar-refractivity contribution is 5.77. The Morgan fingerprint density at radius 2 is 1.63 bits per heavy atom. The molecule has 4 saturated carbocycles. The molecule has 0 aromatic heterocycles. The lowest BCUT2D eigenvalue weighted by molar-refractivity contribution is -0.308. The molecule has 0 unspecified atom stereocenters. The molecule has 43 heavy (non-hydrogen) atoms. The quantitative estimate of drug-likeness (QED) is 0.203. The number of carboxylic acid groups (broad SMARTS) is 1. The van der Waals surface area contributed by atoms with E-state index in [2.05, 4.69) is 40.7 Å². The second-order valence-corrected chi connectivity index (χ2v) is 17.0. The molecule has 8 nitrogen and oxygen atoms in total. The van der Waals surface area contributed by atoms with Crippen LogP contribution in [0.1, 0.15) is 106 Å². The Bertz CT molecular complexity index is 1180. The number of hydrogen-bond donors (Lipinski definition) is 4. The number of hydrogen-bond acceptors (Lipinski definition) is 7. The number of rotatable bonds is 4. The number of carboxylic acids is 1. The van der Waals surface area contributed by atoms with Crippen molar-refractivity contribution < 1.29 is 39.5 Å². The summed E-state index contributed by atoms with van der Waals surface area (Å²) in [6, 6.07) is 0. The smallest absolute Gasteiger partial charge is 0.310 e. The van der Waals surface area contributed by atoms with Gasteiger partial charge in [0.1, 0.15) is 24.6 Å². The van der Waals surface area contributed by atoms with Gasteiger partial charge in [-0.25, -0.2) is 0 Å². The van der Waals surface area contributed by atoms with E-state index in [1.54, 1.807) is 0 Å². The van der Waals surface area contributed by atoms with Gasteiger partial charge in [0.25, 0.3) is 0 Å². The number of ether oxygens (including phenoxy) is 2. The molecular weight excluding hydrogens is 548 g/mol. The number of aliphatic hydroxyl groups is 3. The molecule has 242 valence electrons. The van der Waals surface area contributed by atoms with E-state index in [0.717, 1.165) is 44.8 Å². The first-order valence-corrected chi connectivity index (χ1v) is 16.7. The lowest BCUT2D eigenvalue weighted by Gasteiger charge is -2.71. The number of aldehydes is 1. The molecule has 4 N–H and O–H groups in total. The minimum absolute atomic E-state index is 0.00865. The minimum atomic E-state index is -1.30. The van der Waals surface area contributed by atoms with Gasteiger partial charge in [-0.2, -0.15) is 0 Å². The molecule has 5 fully saturated rings. The molecule has 1 saturated heterocycles. The van der Waals surface area contributed by atoms with Crippen molar-refractivity contribution in [2.24, 2.45) is 50.2 Å². The van der Waals surface area contributed by atoms with Gasteiger partial charge in [-0.3, -0.25) is 4.79 Å². The van der Waals surface area contributed by atoms with E-state index >= 15 is 0 Å². The van der Waals surface area contributed by atoms with E-state index < -0.39 is 41.4 Å². The minimum Gasteiger partial charge on any atom is -0.481 e. The maximum Gasteiger partial charge on any atom is 0.310 e. The fourth-order valence-electron chi connectivity index (χ4n) is 11.9. The second-order valence-electron chi connectivity index (χ2n) is 17.0. The van der Waals surface area contributed by atoms with Gasteiger partial charge in [0, 0.05) is 5.41 Å². The van der Waals surface area contributed by atoms with Gasteiger partial charge in [0.2, 0.25) is 0 Å². The van der Waals surface area contributed by atoms with Crippen LogP contribution in [0.15, 0.2) is 11.6 Å². The van der Waals surface area contributed by atoms with Crippen molar-refractivity contribution in [1.82, 2.24) is 0 Å². The van der Waals surface area contributed by atoms with Gasteiger partial charge in [-0.05, 0) is 104 Å². The third-order valence-corrected chi connectivity index (χ3v) is 14.8. The molecule has 0 amide bonds. The number of aliphatic hydroxyl groups excluding tert-OH is 3. The van der Waals surface area contributed by atoms with Crippen LogP contribution in [0.3, 0.4) is 0 Å². The van der Waals surface area contributed by atoms with Gasteiger partial charge in [-0.1, -0.05) is 53.2 Å². The van der Waals surface area contributed by atoms with Gasteiger partial charge >= 0.3 is 5.97 Å². The predicted octanol–water partition coefficient (Wildman–Crippen LogP) is 4.88. The molecule has 0 radical (unpaired) electrons. The molecule has 0 bridgehead atoms. The summed E-state index contributed by atoms with van der Waals surface area (Å²) < 4.78 is 12.1. The highest BCUT2D eigenvalue weighted by Crippen LogP contribution is 2.75. The third-order valence-electron chi connectivity index (χ3n) is 14.8. The summed E-state index contributed by atoms with van der Waals surface area (Å²) in [4.78, 5) is 25.1. The van der Waals surface area contributed by atoms with Crippen molar-refractivity contribution in [3.05, 3.63) is 11.6 Å². The summed E-state index contributed by atoms with van der Waals surface area (Å²) >= 11 is 0. The third kappa shape index (κ3) is 4.25. The number of aliphatic carboxylic acids is 1. The zero-order valence-corrected chi connectivity index (χ0v) is 27.0. The van der Waals surface area contributed by atoms with Crippen molar-refractivity contribution in [2.45, 2.75) is 136 Å². The van der Waals surface area contributed by atoms with E-state index in [-0.39, 0.29) is 40.3 Å². The van der Waals surface area contributed by atoms with Crippen LogP contribution in [0.2, 0.25) is 0 Å².